The average molecular weight is 598 g/mol. The van der Waals surface area contributed by atoms with Gasteiger partial charge in [-0.3, -0.25) is 0 Å². The van der Waals surface area contributed by atoms with E-state index in [1.165, 1.54) is 47.7 Å². The smallest absolute Gasteiger partial charge is 0.349 e. The molecule has 224 valence electrons. The lowest BCUT2D eigenvalue weighted by Crippen LogP contribution is -2.45. The molecule has 1 aliphatic rings. The van der Waals surface area contributed by atoms with E-state index in [2.05, 4.69) is 17.2 Å². The third-order valence-corrected chi connectivity index (χ3v) is 7.39. The number of carbonyl (C=O) groups excluding carboxylic acids is 2. The van der Waals surface area contributed by atoms with Crippen molar-refractivity contribution < 1.29 is 38.9 Å². The molecule has 4 rings (SSSR count). The third-order valence-electron chi connectivity index (χ3n) is 6.44. The quantitative estimate of drug-likeness (QED) is 0.250. The van der Waals surface area contributed by atoms with Crippen molar-refractivity contribution in [3.63, 3.8) is 0 Å². The van der Waals surface area contributed by atoms with Crippen molar-refractivity contribution in [1.29, 1.82) is 0 Å². The number of fused-ring (bicyclic) bond motifs is 1. The monoisotopic (exact) mass is 597 g/mol. The number of anilines is 1. The number of benzene rings is 2. The van der Waals surface area contributed by atoms with Crippen molar-refractivity contribution in [3.05, 3.63) is 81.4 Å². The van der Waals surface area contributed by atoms with Gasteiger partial charge in [-0.2, -0.15) is 0 Å². The first-order valence-corrected chi connectivity index (χ1v) is 14.3. The number of nitrogens with one attached hydrogen (secondary N) is 1. The molecular formula is C30H35N3O8S. The molecule has 12 heteroatoms. The van der Waals surface area contributed by atoms with Crippen molar-refractivity contribution in [3.8, 4) is 0 Å². The molecule has 0 saturated heterocycles. The second kappa shape index (κ2) is 15.1. The maximum atomic E-state index is 12.2. The van der Waals surface area contributed by atoms with E-state index in [0.717, 1.165) is 35.6 Å². The highest BCUT2D eigenvalue weighted by Gasteiger charge is 2.41. The van der Waals surface area contributed by atoms with E-state index in [9.17, 15) is 29.4 Å². The second-order valence-electron chi connectivity index (χ2n) is 9.88. The van der Waals surface area contributed by atoms with E-state index in [-0.39, 0.29) is 11.1 Å². The molecule has 2 aromatic carbocycles. The largest absolute Gasteiger partial charge is 0.478 e. The Morgan fingerprint density at radius 3 is 1.83 bits per heavy atom. The summed E-state index contributed by atoms with van der Waals surface area (Å²) in [5.41, 5.74) is 8.72. The van der Waals surface area contributed by atoms with Crippen LogP contribution in [-0.2, 0) is 31.9 Å². The molecule has 5 N–H and O–H groups in total. The van der Waals surface area contributed by atoms with E-state index in [1.54, 1.807) is 49.4 Å². The molecule has 3 atom stereocenters. The summed E-state index contributed by atoms with van der Waals surface area (Å²) in [6.07, 6.45) is 0.167. The van der Waals surface area contributed by atoms with Gasteiger partial charge in [-0.05, 0) is 70.3 Å². The fourth-order valence-corrected chi connectivity index (χ4v) is 5.11. The molecule has 0 unspecified atom stereocenters. The molecule has 1 heterocycles. The zero-order valence-corrected chi connectivity index (χ0v) is 24.5. The summed E-state index contributed by atoms with van der Waals surface area (Å²) in [4.78, 5) is 53.1. The molecule has 0 radical (unpaired) electrons. The number of nitrogens with two attached hydrogens (primary N) is 1. The number of carbonyl (C=O) groups is 4. The second-order valence-corrected chi connectivity index (χ2v) is 11.0. The van der Waals surface area contributed by atoms with Crippen LogP contribution < -0.4 is 11.1 Å². The molecule has 1 aliphatic carbocycles. The van der Waals surface area contributed by atoms with Gasteiger partial charge in [0.15, 0.2) is 5.13 Å². The van der Waals surface area contributed by atoms with Gasteiger partial charge in [-0.1, -0.05) is 42.3 Å². The number of nitrogen functional groups attached to an aromatic ring is 1. The van der Waals surface area contributed by atoms with Crippen LogP contribution in [0, 0.1) is 13.8 Å². The van der Waals surface area contributed by atoms with Crippen LogP contribution in [0.25, 0.3) is 0 Å². The summed E-state index contributed by atoms with van der Waals surface area (Å²) in [6.45, 7) is 6.90. The summed E-state index contributed by atoms with van der Waals surface area (Å²) in [7, 11) is 0. The van der Waals surface area contributed by atoms with E-state index < -0.39 is 36.1 Å². The Labute approximate surface area is 247 Å². The number of carboxylic acid groups (broad SMARTS) is 2. The number of aromatic nitrogens is 1. The standard InChI is InChI=1S/C20H18O8.C10H17N3S/c1-11-3-7-13(8-4-11)19(25)27-15(17(21)22)16(18(23)24)28-20(26)14-9-5-12(2)6-10-14;1-2-5-12-7-3-4-8-9(6-7)14-10(11)13-8/h3-10,15-16H,1-2H3,(H,21,22)(H,23,24);7,12H,2-6H2,1H3,(H2,11,13)/t15-,16-;7-/m01/s1. The van der Waals surface area contributed by atoms with Crippen LogP contribution >= 0.6 is 11.3 Å². The third kappa shape index (κ3) is 9.11. The molecule has 0 aliphatic heterocycles. The minimum Gasteiger partial charge on any atom is -0.478 e. The lowest BCUT2D eigenvalue weighted by Gasteiger charge is -2.21. The van der Waals surface area contributed by atoms with Gasteiger partial charge in [-0.15, -0.1) is 11.3 Å². The molecule has 3 aromatic rings. The first kappa shape index (κ1) is 32.2. The highest BCUT2D eigenvalue weighted by Crippen LogP contribution is 2.28. The lowest BCUT2D eigenvalue weighted by molar-refractivity contribution is -0.166. The molecule has 42 heavy (non-hydrogen) atoms. The number of aliphatic carboxylic acids is 2. The number of aryl methyl sites for hydroxylation is 3. The summed E-state index contributed by atoms with van der Waals surface area (Å²) >= 11 is 1.65. The molecular weight excluding hydrogens is 562 g/mol. The van der Waals surface area contributed by atoms with Crippen molar-refractivity contribution in [2.45, 2.75) is 64.7 Å². The maximum Gasteiger partial charge on any atom is 0.349 e. The van der Waals surface area contributed by atoms with E-state index >= 15 is 0 Å². The van der Waals surface area contributed by atoms with Gasteiger partial charge in [0, 0.05) is 10.9 Å². The molecule has 0 fully saturated rings. The normalized spacial score (nSPS) is 15.3. The predicted molar refractivity (Wildman–Crippen MR) is 157 cm³/mol. The average Bonchev–Trinajstić information content (AvgIpc) is 3.33. The topological polar surface area (TPSA) is 178 Å². The fourth-order valence-electron chi connectivity index (χ4n) is 4.15. The number of hydrogen-bond donors (Lipinski definition) is 4. The van der Waals surface area contributed by atoms with Crippen LogP contribution in [0.2, 0.25) is 0 Å². The van der Waals surface area contributed by atoms with Gasteiger partial charge in [0.1, 0.15) is 0 Å². The summed E-state index contributed by atoms with van der Waals surface area (Å²) < 4.78 is 9.64. The van der Waals surface area contributed by atoms with E-state index in [4.69, 9.17) is 15.2 Å². The minimum absolute atomic E-state index is 0.0332. The molecule has 0 saturated carbocycles. The highest BCUT2D eigenvalue weighted by molar-refractivity contribution is 7.15. The summed E-state index contributed by atoms with van der Waals surface area (Å²) in [5.74, 6) is -5.62. The predicted octanol–water partition coefficient (Wildman–Crippen LogP) is 3.81. The number of carboxylic acids is 2. The van der Waals surface area contributed by atoms with Gasteiger partial charge in [0.05, 0.1) is 16.8 Å². The Bertz CT molecular complexity index is 1310. The zero-order valence-electron chi connectivity index (χ0n) is 23.7. The van der Waals surface area contributed by atoms with Crippen molar-refractivity contribution in [2.24, 2.45) is 0 Å². The Hall–Kier alpha value is -4.29. The van der Waals surface area contributed by atoms with Crippen molar-refractivity contribution in [2.75, 3.05) is 12.3 Å². The van der Waals surface area contributed by atoms with E-state index in [0.29, 0.717) is 6.04 Å². The van der Waals surface area contributed by atoms with Crippen LogP contribution in [0.4, 0.5) is 5.13 Å². The maximum absolute atomic E-state index is 12.2. The Morgan fingerprint density at radius 2 is 1.40 bits per heavy atom. The van der Waals surface area contributed by atoms with E-state index in [1.807, 2.05) is 0 Å². The molecule has 0 bridgehead atoms. The van der Waals surface area contributed by atoms with Crippen LogP contribution in [-0.4, -0.2) is 63.9 Å². The van der Waals surface area contributed by atoms with Crippen LogP contribution in [0.3, 0.4) is 0 Å². The van der Waals surface area contributed by atoms with Crippen LogP contribution in [0.15, 0.2) is 48.5 Å². The molecule has 0 amide bonds. The van der Waals surface area contributed by atoms with Gasteiger partial charge >= 0.3 is 23.9 Å². The number of ether oxygens (including phenoxy) is 2. The van der Waals surface area contributed by atoms with Gasteiger partial charge in [0.25, 0.3) is 0 Å². The van der Waals surface area contributed by atoms with Gasteiger partial charge < -0.3 is 30.7 Å². The Morgan fingerprint density at radius 1 is 0.929 bits per heavy atom. The highest BCUT2D eigenvalue weighted by atomic mass is 32.1. The first-order chi connectivity index (χ1) is 20.0. The number of rotatable bonds is 10. The number of nitrogens with zero attached hydrogens (tertiary/aromatic N) is 1. The fraction of sp³-hybridized carbons (Fsp3) is 0.367. The molecule has 1 aromatic heterocycles. The molecule has 0 spiro atoms. The summed E-state index contributed by atoms with van der Waals surface area (Å²) in [6, 6.07) is 12.7. The van der Waals surface area contributed by atoms with Crippen LogP contribution in [0.5, 0.6) is 0 Å². The first-order valence-electron chi connectivity index (χ1n) is 13.5. The SMILES string of the molecule is CCCN[C@@H]1CCc2nc(N)sc2C1.Cc1ccc(C(=O)O[C@H](C(=O)O)[C@H](OC(=O)c2ccc(C)cc2)C(=O)O)cc1. The van der Waals surface area contributed by atoms with Crippen molar-refractivity contribution in [1.82, 2.24) is 10.3 Å². The summed E-state index contributed by atoms with van der Waals surface area (Å²) in [5, 5.41) is 22.9. The lowest BCUT2D eigenvalue weighted by atomic mass is 9.98. The van der Waals surface area contributed by atoms with Crippen LogP contribution in [0.1, 0.15) is 62.2 Å². The number of esters is 2. The van der Waals surface area contributed by atoms with Gasteiger partial charge in [0.2, 0.25) is 12.2 Å². The number of hydrogen-bond acceptors (Lipinski definition) is 10. The minimum atomic E-state index is -2.22. The Kier molecular flexibility index (Phi) is 11.6. The molecule has 11 nitrogen and oxygen atoms in total. The zero-order chi connectivity index (χ0) is 30.8. The van der Waals surface area contributed by atoms with Gasteiger partial charge in [-0.25, -0.2) is 24.2 Å². The number of thiazole rings is 1. The van der Waals surface area contributed by atoms with Crippen molar-refractivity contribution >= 4 is 40.3 Å². The Balaban J connectivity index is 0.000000287.